The SMILES string of the molecule is O=C1CC(c2ccc(N3CCOCC3)cc2)(c2cscn2)N(S)C(=O)C1c1ccccc1Cl. The predicted molar refractivity (Wildman–Crippen MR) is 132 cm³/mol. The van der Waals surface area contributed by atoms with Crippen molar-refractivity contribution in [2.45, 2.75) is 17.9 Å². The number of morpholine rings is 1. The first-order valence-corrected chi connectivity index (χ1v) is 12.4. The second-order valence-electron chi connectivity index (χ2n) is 8.13. The Morgan fingerprint density at radius 2 is 1.82 bits per heavy atom. The number of Topliss-reactive ketones (excluding diaryl/α,β-unsaturated/α-hetero) is 1. The highest BCUT2D eigenvalue weighted by molar-refractivity contribution is 7.78. The summed E-state index contributed by atoms with van der Waals surface area (Å²) < 4.78 is 6.82. The maximum atomic E-state index is 13.6. The average Bonchev–Trinajstić information content (AvgIpc) is 3.39. The molecular formula is C24H22ClN3O3S2. The van der Waals surface area contributed by atoms with Crippen molar-refractivity contribution >= 4 is 53.1 Å². The van der Waals surface area contributed by atoms with Crippen LogP contribution < -0.4 is 4.90 Å². The van der Waals surface area contributed by atoms with Crippen molar-refractivity contribution in [3.8, 4) is 0 Å². The van der Waals surface area contributed by atoms with E-state index in [1.807, 2.05) is 29.6 Å². The molecule has 2 fully saturated rings. The van der Waals surface area contributed by atoms with Gasteiger partial charge in [-0.05, 0) is 29.3 Å². The molecule has 3 heterocycles. The summed E-state index contributed by atoms with van der Waals surface area (Å²) in [6.07, 6.45) is 0.0543. The van der Waals surface area contributed by atoms with E-state index in [1.165, 1.54) is 15.6 Å². The first-order valence-electron chi connectivity index (χ1n) is 10.6. The molecule has 1 amide bonds. The lowest BCUT2D eigenvalue weighted by atomic mass is 9.74. The molecule has 5 rings (SSSR count). The number of piperidine rings is 1. The molecule has 0 aliphatic carbocycles. The number of thiol groups is 1. The number of rotatable bonds is 4. The van der Waals surface area contributed by atoms with Crippen molar-refractivity contribution in [2.24, 2.45) is 0 Å². The van der Waals surface area contributed by atoms with Crippen LogP contribution in [-0.4, -0.2) is 47.3 Å². The van der Waals surface area contributed by atoms with E-state index in [1.54, 1.807) is 29.8 Å². The summed E-state index contributed by atoms with van der Waals surface area (Å²) in [4.78, 5) is 33.9. The van der Waals surface area contributed by atoms with Crippen LogP contribution in [0.15, 0.2) is 59.4 Å². The molecule has 0 spiro atoms. The smallest absolute Gasteiger partial charge is 0.248 e. The molecule has 2 aliphatic rings. The molecule has 0 bridgehead atoms. The molecule has 0 saturated carbocycles. The van der Waals surface area contributed by atoms with Crippen LogP contribution in [0.4, 0.5) is 5.69 Å². The van der Waals surface area contributed by atoms with Crippen molar-refractivity contribution in [2.75, 3.05) is 31.2 Å². The van der Waals surface area contributed by atoms with Crippen LogP contribution in [0.1, 0.15) is 29.2 Å². The Labute approximate surface area is 206 Å². The summed E-state index contributed by atoms with van der Waals surface area (Å²) in [5.74, 6) is -1.60. The minimum absolute atomic E-state index is 0.0543. The van der Waals surface area contributed by atoms with Gasteiger partial charge in [-0.25, -0.2) is 4.98 Å². The van der Waals surface area contributed by atoms with E-state index in [9.17, 15) is 9.59 Å². The quantitative estimate of drug-likeness (QED) is 0.428. The molecular weight excluding hydrogens is 478 g/mol. The van der Waals surface area contributed by atoms with Crippen molar-refractivity contribution < 1.29 is 14.3 Å². The van der Waals surface area contributed by atoms with Gasteiger partial charge >= 0.3 is 0 Å². The summed E-state index contributed by atoms with van der Waals surface area (Å²) in [5.41, 5.74) is 3.60. The Kier molecular flexibility index (Phi) is 6.18. The van der Waals surface area contributed by atoms with Crippen LogP contribution in [0.25, 0.3) is 0 Å². The van der Waals surface area contributed by atoms with Gasteiger partial charge in [0.25, 0.3) is 0 Å². The molecule has 33 heavy (non-hydrogen) atoms. The third-order valence-corrected chi connectivity index (χ3v) is 7.83. The highest BCUT2D eigenvalue weighted by atomic mass is 35.5. The molecule has 9 heteroatoms. The highest BCUT2D eigenvalue weighted by Gasteiger charge is 2.53. The van der Waals surface area contributed by atoms with Gasteiger partial charge < -0.3 is 9.64 Å². The fourth-order valence-corrected chi connectivity index (χ4v) is 5.92. The fourth-order valence-electron chi connectivity index (χ4n) is 4.65. The Hall–Kier alpha value is -2.39. The number of ketones is 1. The standard InChI is InChI=1S/C24H22ClN3O3S2/c25-19-4-2-1-3-18(19)22-20(29)13-24(28(32)23(22)30,21-14-33-15-26-21)16-5-7-17(8-6-16)27-9-11-31-12-10-27/h1-8,14-15,22,32H,9-13H2. The molecule has 6 nitrogen and oxygen atoms in total. The Balaban J connectivity index is 1.56. The zero-order valence-electron chi connectivity index (χ0n) is 17.7. The van der Waals surface area contributed by atoms with E-state index >= 15 is 0 Å². The molecule has 2 unspecified atom stereocenters. The summed E-state index contributed by atoms with van der Waals surface area (Å²) >= 11 is 12.4. The van der Waals surface area contributed by atoms with Crippen LogP contribution in [0.2, 0.25) is 5.02 Å². The molecule has 0 radical (unpaired) electrons. The highest BCUT2D eigenvalue weighted by Crippen LogP contribution is 2.47. The largest absolute Gasteiger partial charge is 0.378 e. The third-order valence-electron chi connectivity index (χ3n) is 6.36. The second-order valence-corrected chi connectivity index (χ2v) is 9.65. The molecule has 0 N–H and O–H groups in total. The second kappa shape index (κ2) is 9.10. The summed E-state index contributed by atoms with van der Waals surface area (Å²) in [5, 5.41) is 2.26. The first-order chi connectivity index (χ1) is 16.0. The Morgan fingerprint density at radius 1 is 1.09 bits per heavy atom. The monoisotopic (exact) mass is 499 g/mol. The molecule has 2 atom stereocenters. The van der Waals surface area contributed by atoms with Gasteiger partial charge in [-0.3, -0.25) is 13.9 Å². The number of nitrogens with zero attached hydrogens (tertiary/aromatic N) is 3. The summed E-state index contributed by atoms with van der Waals surface area (Å²) in [6.45, 7) is 3.04. The van der Waals surface area contributed by atoms with E-state index in [0.29, 0.717) is 29.5 Å². The number of benzene rings is 2. The maximum absolute atomic E-state index is 13.6. The van der Waals surface area contributed by atoms with Crippen LogP contribution >= 0.6 is 35.8 Å². The zero-order chi connectivity index (χ0) is 23.0. The number of halogens is 1. The van der Waals surface area contributed by atoms with Gasteiger partial charge in [0.05, 0.1) is 24.4 Å². The topological polar surface area (TPSA) is 62.7 Å². The number of carbonyl (C=O) groups excluding carboxylic acids is 2. The first kappa shape index (κ1) is 22.4. The van der Waals surface area contributed by atoms with Gasteiger partial charge in [0.1, 0.15) is 11.5 Å². The lowest BCUT2D eigenvalue weighted by Gasteiger charge is -2.45. The van der Waals surface area contributed by atoms with Crippen LogP contribution in [0.3, 0.4) is 0 Å². The minimum atomic E-state index is -1.10. The van der Waals surface area contributed by atoms with Crippen LogP contribution in [-0.2, 0) is 19.9 Å². The lowest BCUT2D eigenvalue weighted by molar-refractivity contribution is -0.142. The summed E-state index contributed by atoms with van der Waals surface area (Å²) in [6, 6.07) is 14.9. The summed E-state index contributed by atoms with van der Waals surface area (Å²) in [7, 11) is 0. The average molecular weight is 500 g/mol. The van der Waals surface area contributed by atoms with Gasteiger partial charge in [-0.1, -0.05) is 54.7 Å². The number of ether oxygens (including phenoxy) is 1. The van der Waals surface area contributed by atoms with Gasteiger partial charge in [0.2, 0.25) is 5.91 Å². The van der Waals surface area contributed by atoms with Gasteiger partial charge in [0.15, 0.2) is 5.78 Å². The third kappa shape index (κ3) is 3.85. The van der Waals surface area contributed by atoms with Crippen LogP contribution in [0, 0.1) is 0 Å². The van der Waals surface area contributed by atoms with Gasteiger partial charge in [0, 0.05) is 35.6 Å². The molecule has 170 valence electrons. The number of anilines is 1. The number of aromatic nitrogens is 1. The zero-order valence-corrected chi connectivity index (χ0v) is 20.2. The fraction of sp³-hybridized carbons (Fsp3) is 0.292. The molecule has 2 aliphatic heterocycles. The van der Waals surface area contributed by atoms with Gasteiger partial charge in [-0.15, -0.1) is 11.3 Å². The Morgan fingerprint density at radius 3 is 2.48 bits per heavy atom. The van der Waals surface area contributed by atoms with Crippen molar-refractivity contribution in [1.29, 1.82) is 0 Å². The van der Waals surface area contributed by atoms with Crippen molar-refractivity contribution in [3.63, 3.8) is 0 Å². The number of thiazole rings is 1. The number of carbonyl (C=O) groups is 2. The van der Waals surface area contributed by atoms with Crippen molar-refractivity contribution in [1.82, 2.24) is 9.29 Å². The normalized spacial score (nSPS) is 23.8. The number of hydrogen-bond acceptors (Lipinski definition) is 7. The number of hydrogen-bond donors (Lipinski definition) is 1. The van der Waals surface area contributed by atoms with E-state index < -0.39 is 17.4 Å². The lowest BCUT2D eigenvalue weighted by Crippen LogP contribution is -2.54. The molecule has 1 aromatic heterocycles. The Bertz CT molecular complexity index is 1170. The predicted octanol–water partition coefficient (Wildman–Crippen LogP) is 4.31. The maximum Gasteiger partial charge on any atom is 0.248 e. The molecule has 2 aromatic carbocycles. The minimum Gasteiger partial charge on any atom is -0.378 e. The van der Waals surface area contributed by atoms with E-state index in [0.717, 1.165) is 24.3 Å². The molecule has 2 saturated heterocycles. The van der Waals surface area contributed by atoms with E-state index in [2.05, 4.69) is 22.7 Å². The number of amides is 1. The van der Waals surface area contributed by atoms with E-state index in [-0.39, 0.29) is 12.2 Å². The van der Waals surface area contributed by atoms with Crippen LogP contribution in [0.5, 0.6) is 0 Å². The molecule has 3 aromatic rings. The van der Waals surface area contributed by atoms with Gasteiger partial charge in [-0.2, -0.15) is 0 Å². The van der Waals surface area contributed by atoms with Crippen molar-refractivity contribution in [3.05, 3.63) is 81.3 Å². The van der Waals surface area contributed by atoms with E-state index in [4.69, 9.17) is 16.3 Å².